The molecule has 2 heterocycles. The van der Waals surface area contributed by atoms with E-state index in [0.717, 1.165) is 38.5 Å². The van der Waals surface area contributed by atoms with Crippen molar-refractivity contribution in [2.75, 3.05) is 42.1 Å². The average molecular weight is 425 g/mol. The van der Waals surface area contributed by atoms with Crippen LogP contribution in [0, 0.1) is 0 Å². The summed E-state index contributed by atoms with van der Waals surface area (Å²) in [7, 11) is -3.40. The molecule has 0 spiro atoms. The van der Waals surface area contributed by atoms with Crippen LogP contribution in [0.25, 0.3) is 0 Å². The number of morpholine rings is 1. The van der Waals surface area contributed by atoms with Gasteiger partial charge in [0.25, 0.3) is 5.91 Å². The molecule has 1 aromatic carbocycles. The van der Waals surface area contributed by atoms with Gasteiger partial charge in [0.05, 0.1) is 24.7 Å². The summed E-state index contributed by atoms with van der Waals surface area (Å²) in [4.78, 5) is 19.2. The van der Waals surface area contributed by atoms with Gasteiger partial charge in [-0.25, -0.2) is 13.4 Å². The summed E-state index contributed by atoms with van der Waals surface area (Å²) < 4.78 is 31.6. The first-order valence-corrected chi connectivity index (χ1v) is 11.6. The number of ether oxygens (including phenoxy) is 1. The number of nitrogens with zero attached hydrogens (tertiary/aromatic N) is 2. The van der Waals surface area contributed by atoms with Crippen LogP contribution >= 0.6 is 11.3 Å². The maximum absolute atomic E-state index is 12.5. The molecule has 0 bridgehead atoms. The molecule has 0 aliphatic carbocycles. The molecule has 1 saturated heterocycles. The number of carbonyl (C=O) groups excluding carboxylic acids is 1. The van der Waals surface area contributed by atoms with Crippen LogP contribution in [0.3, 0.4) is 0 Å². The zero-order chi connectivity index (χ0) is 20.0. The minimum atomic E-state index is -3.40. The molecule has 1 aromatic heterocycles. The molecule has 0 unspecified atom stereocenters. The summed E-state index contributed by atoms with van der Waals surface area (Å²) in [6.45, 7) is 5.73. The molecule has 0 radical (unpaired) electrons. The molecule has 0 atom stereocenters. The van der Waals surface area contributed by atoms with E-state index in [2.05, 4.69) is 19.9 Å². The Labute approximate surface area is 169 Å². The number of hydrogen-bond donors (Lipinski definition) is 2. The molecule has 28 heavy (non-hydrogen) atoms. The molecule has 2 N–H and O–H groups in total. The Morgan fingerprint density at radius 2 is 2.11 bits per heavy atom. The van der Waals surface area contributed by atoms with E-state index in [0.29, 0.717) is 22.8 Å². The SMILES string of the molecule is CCCS(=O)(=O)Nc1cccc(C(=O)Nc2nc(CN3CCOCC3)cs2)c1. The Hall–Kier alpha value is -2.01. The maximum Gasteiger partial charge on any atom is 0.257 e. The second-order valence-electron chi connectivity index (χ2n) is 6.49. The molecular formula is C18H24N4O4S2. The number of nitrogens with one attached hydrogen (secondary N) is 2. The monoisotopic (exact) mass is 424 g/mol. The number of thiazole rings is 1. The second kappa shape index (κ2) is 9.46. The highest BCUT2D eigenvalue weighted by molar-refractivity contribution is 7.92. The minimum absolute atomic E-state index is 0.0362. The molecule has 1 fully saturated rings. The fourth-order valence-electron chi connectivity index (χ4n) is 2.82. The Kier molecular flexibility index (Phi) is 7.00. The summed E-state index contributed by atoms with van der Waals surface area (Å²) in [6, 6.07) is 6.41. The Bertz CT molecular complexity index is 908. The summed E-state index contributed by atoms with van der Waals surface area (Å²) in [5.74, 6) is -0.294. The van der Waals surface area contributed by atoms with Crippen molar-refractivity contribution in [3.8, 4) is 0 Å². The summed E-state index contributed by atoms with van der Waals surface area (Å²) >= 11 is 1.37. The molecule has 0 saturated carbocycles. The van der Waals surface area contributed by atoms with Gasteiger partial charge in [0.2, 0.25) is 10.0 Å². The van der Waals surface area contributed by atoms with Crippen molar-refractivity contribution < 1.29 is 17.9 Å². The topological polar surface area (TPSA) is 101 Å². The third-order valence-electron chi connectivity index (χ3n) is 4.13. The van der Waals surface area contributed by atoms with E-state index in [9.17, 15) is 13.2 Å². The summed E-state index contributed by atoms with van der Waals surface area (Å²) in [5, 5.41) is 5.23. The largest absolute Gasteiger partial charge is 0.379 e. The zero-order valence-corrected chi connectivity index (χ0v) is 17.3. The van der Waals surface area contributed by atoms with Gasteiger partial charge in [-0.05, 0) is 24.6 Å². The Balaban J connectivity index is 1.61. The lowest BCUT2D eigenvalue weighted by molar-refractivity contribution is 0.0337. The standard InChI is InChI=1S/C18H24N4O4S2/c1-2-10-28(24,25)21-15-5-3-4-14(11-15)17(23)20-18-19-16(13-27-18)12-22-6-8-26-9-7-22/h3-5,11,13,21H,2,6-10,12H2,1H3,(H,19,20,23). The number of aromatic nitrogens is 1. The van der Waals surface area contributed by atoms with Crippen LogP contribution in [0.4, 0.5) is 10.8 Å². The van der Waals surface area contributed by atoms with E-state index in [-0.39, 0.29) is 11.7 Å². The zero-order valence-electron chi connectivity index (χ0n) is 15.7. The minimum Gasteiger partial charge on any atom is -0.379 e. The smallest absolute Gasteiger partial charge is 0.257 e. The molecule has 1 amide bonds. The average Bonchev–Trinajstić information content (AvgIpc) is 3.09. The number of benzene rings is 1. The van der Waals surface area contributed by atoms with Gasteiger partial charge in [-0.3, -0.25) is 19.7 Å². The van der Waals surface area contributed by atoms with Gasteiger partial charge in [0.1, 0.15) is 0 Å². The first-order valence-electron chi connectivity index (χ1n) is 9.11. The summed E-state index contributed by atoms with van der Waals surface area (Å²) in [5.41, 5.74) is 1.64. The molecule has 3 rings (SSSR count). The lowest BCUT2D eigenvalue weighted by Crippen LogP contribution is -2.35. The summed E-state index contributed by atoms with van der Waals surface area (Å²) in [6.07, 6.45) is 0.520. The highest BCUT2D eigenvalue weighted by Crippen LogP contribution is 2.19. The third kappa shape index (κ3) is 5.99. The number of sulfonamides is 1. The van der Waals surface area contributed by atoms with Gasteiger partial charge in [-0.2, -0.15) is 0 Å². The Morgan fingerprint density at radius 3 is 2.86 bits per heavy atom. The van der Waals surface area contributed by atoms with Crippen molar-refractivity contribution in [1.29, 1.82) is 0 Å². The van der Waals surface area contributed by atoms with E-state index in [1.807, 2.05) is 5.38 Å². The van der Waals surface area contributed by atoms with Crippen LogP contribution < -0.4 is 10.0 Å². The van der Waals surface area contributed by atoms with Crippen molar-refractivity contribution in [3.63, 3.8) is 0 Å². The predicted octanol–water partition coefficient (Wildman–Crippen LogP) is 2.38. The van der Waals surface area contributed by atoms with E-state index < -0.39 is 10.0 Å². The molecule has 1 aliphatic rings. The van der Waals surface area contributed by atoms with Crippen molar-refractivity contribution in [1.82, 2.24) is 9.88 Å². The van der Waals surface area contributed by atoms with Gasteiger partial charge in [0.15, 0.2) is 5.13 Å². The van der Waals surface area contributed by atoms with Crippen LogP contribution in [0.1, 0.15) is 29.4 Å². The highest BCUT2D eigenvalue weighted by atomic mass is 32.2. The second-order valence-corrected chi connectivity index (χ2v) is 9.19. The fraction of sp³-hybridized carbons (Fsp3) is 0.444. The van der Waals surface area contributed by atoms with E-state index in [1.165, 1.54) is 17.4 Å². The predicted molar refractivity (Wildman–Crippen MR) is 110 cm³/mol. The highest BCUT2D eigenvalue weighted by Gasteiger charge is 2.15. The number of amides is 1. The van der Waals surface area contributed by atoms with Crippen molar-refractivity contribution in [2.45, 2.75) is 19.9 Å². The molecule has 10 heteroatoms. The van der Waals surface area contributed by atoms with E-state index in [4.69, 9.17) is 4.74 Å². The fourth-order valence-corrected chi connectivity index (χ4v) is 4.64. The molecular weight excluding hydrogens is 400 g/mol. The van der Waals surface area contributed by atoms with Crippen LogP contribution in [-0.4, -0.2) is 56.3 Å². The van der Waals surface area contributed by atoms with Crippen molar-refractivity contribution >= 4 is 38.1 Å². The van der Waals surface area contributed by atoms with Gasteiger partial charge >= 0.3 is 0 Å². The van der Waals surface area contributed by atoms with Gasteiger partial charge < -0.3 is 4.74 Å². The number of carbonyl (C=O) groups is 1. The van der Waals surface area contributed by atoms with Crippen LogP contribution in [0.5, 0.6) is 0 Å². The van der Waals surface area contributed by atoms with Crippen molar-refractivity contribution in [3.05, 3.63) is 40.9 Å². The van der Waals surface area contributed by atoms with Gasteiger partial charge in [-0.15, -0.1) is 11.3 Å². The lowest BCUT2D eigenvalue weighted by atomic mass is 10.2. The van der Waals surface area contributed by atoms with Crippen LogP contribution in [-0.2, 0) is 21.3 Å². The molecule has 152 valence electrons. The normalized spacial score (nSPS) is 15.3. The van der Waals surface area contributed by atoms with Crippen LogP contribution in [0.15, 0.2) is 29.6 Å². The number of anilines is 2. The molecule has 1 aliphatic heterocycles. The quantitative estimate of drug-likeness (QED) is 0.675. The first kappa shape index (κ1) is 20.7. The number of rotatable bonds is 8. The Morgan fingerprint density at radius 1 is 1.32 bits per heavy atom. The number of hydrogen-bond acceptors (Lipinski definition) is 7. The lowest BCUT2D eigenvalue weighted by Gasteiger charge is -2.25. The van der Waals surface area contributed by atoms with Crippen LogP contribution in [0.2, 0.25) is 0 Å². The third-order valence-corrected chi connectivity index (χ3v) is 6.43. The van der Waals surface area contributed by atoms with Gasteiger partial charge in [0, 0.05) is 36.3 Å². The van der Waals surface area contributed by atoms with Gasteiger partial charge in [-0.1, -0.05) is 13.0 Å². The first-order chi connectivity index (χ1) is 13.4. The van der Waals surface area contributed by atoms with Crippen molar-refractivity contribution in [2.24, 2.45) is 0 Å². The van der Waals surface area contributed by atoms with E-state index in [1.54, 1.807) is 25.1 Å². The molecule has 2 aromatic rings. The maximum atomic E-state index is 12.5. The van der Waals surface area contributed by atoms with E-state index >= 15 is 0 Å². The molecule has 8 nitrogen and oxygen atoms in total.